The second kappa shape index (κ2) is 6.83. The van der Waals surface area contributed by atoms with Crippen LogP contribution >= 0.6 is 11.3 Å². The molecule has 122 valence electrons. The molecule has 0 fully saturated rings. The number of nitrogens with zero attached hydrogens (tertiary/aromatic N) is 1. The number of thiophene rings is 1. The summed E-state index contributed by atoms with van der Waals surface area (Å²) in [6.45, 7) is 3.03. The highest BCUT2D eigenvalue weighted by Gasteiger charge is 2.21. The zero-order chi connectivity index (χ0) is 17.1. The van der Waals surface area contributed by atoms with Crippen LogP contribution in [0.1, 0.15) is 33.3 Å². The van der Waals surface area contributed by atoms with E-state index in [4.69, 9.17) is 0 Å². The molecule has 0 saturated carbocycles. The van der Waals surface area contributed by atoms with Gasteiger partial charge in [0.2, 0.25) is 0 Å². The average Bonchev–Trinajstić information content (AvgIpc) is 2.91. The smallest absolute Gasteiger partial charge is 0.312 e. The number of fused-ring (bicyclic) bond motifs is 1. The van der Waals surface area contributed by atoms with Crippen LogP contribution in [-0.2, 0) is 13.0 Å². The standard InChI is InChI=1S/C17H16N4O2S/c1-10(22)11-3-2-4-12(7-11)20-17(23)21-16-14(8-18)13-5-6-19-9-15(13)24-16/h2-4,7,19H,5-6,9H2,1H3,(H2,20,21,23). The summed E-state index contributed by atoms with van der Waals surface area (Å²) in [5.74, 6) is -0.0655. The Balaban J connectivity index is 1.76. The number of nitriles is 1. The highest BCUT2D eigenvalue weighted by molar-refractivity contribution is 7.16. The zero-order valence-electron chi connectivity index (χ0n) is 13.1. The molecule has 0 unspecified atom stereocenters. The van der Waals surface area contributed by atoms with Crippen molar-refractivity contribution < 1.29 is 9.59 Å². The van der Waals surface area contributed by atoms with Gasteiger partial charge in [-0.1, -0.05) is 12.1 Å². The van der Waals surface area contributed by atoms with Gasteiger partial charge in [0.1, 0.15) is 11.1 Å². The normalized spacial score (nSPS) is 12.8. The van der Waals surface area contributed by atoms with Gasteiger partial charge in [0.05, 0.1) is 5.56 Å². The third-order valence-electron chi connectivity index (χ3n) is 3.79. The highest BCUT2D eigenvalue weighted by atomic mass is 32.1. The molecule has 6 nitrogen and oxygen atoms in total. The quantitative estimate of drug-likeness (QED) is 0.748. The number of urea groups is 1. The molecule has 7 heteroatoms. The first-order valence-corrected chi connectivity index (χ1v) is 8.34. The summed E-state index contributed by atoms with van der Waals surface area (Å²) in [5.41, 5.74) is 2.63. The lowest BCUT2D eigenvalue weighted by Gasteiger charge is -2.11. The second-order valence-corrected chi connectivity index (χ2v) is 6.57. The molecule has 2 amide bonds. The predicted molar refractivity (Wildman–Crippen MR) is 93.5 cm³/mol. The minimum atomic E-state index is -0.432. The van der Waals surface area contributed by atoms with E-state index in [0.29, 0.717) is 21.8 Å². The summed E-state index contributed by atoms with van der Waals surface area (Å²) in [4.78, 5) is 24.7. The van der Waals surface area contributed by atoms with E-state index in [1.54, 1.807) is 24.3 Å². The molecule has 2 heterocycles. The van der Waals surface area contributed by atoms with Crippen molar-refractivity contribution in [2.75, 3.05) is 17.2 Å². The maximum Gasteiger partial charge on any atom is 0.324 e. The molecule has 3 N–H and O–H groups in total. The fraction of sp³-hybridized carbons (Fsp3) is 0.235. The van der Waals surface area contributed by atoms with Crippen LogP contribution in [0, 0.1) is 11.3 Å². The van der Waals surface area contributed by atoms with Gasteiger partial charge in [0.25, 0.3) is 0 Å². The van der Waals surface area contributed by atoms with Crippen LogP contribution in [0.3, 0.4) is 0 Å². The number of hydrogen-bond acceptors (Lipinski definition) is 5. The van der Waals surface area contributed by atoms with Gasteiger partial charge in [-0.25, -0.2) is 4.79 Å². The number of carbonyl (C=O) groups excluding carboxylic acids is 2. The van der Waals surface area contributed by atoms with Gasteiger partial charge in [0, 0.05) is 22.7 Å². The molecular weight excluding hydrogens is 324 g/mol. The molecule has 1 aliphatic heterocycles. The Morgan fingerprint density at radius 3 is 2.92 bits per heavy atom. The number of hydrogen-bond donors (Lipinski definition) is 3. The Morgan fingerprint density at radius 2 is 2.17 bits per heavy atom. The van der Waals surface area contributed by atoms with Crippen molar-refractivity contribution in [2.45, 2.75) is 19.9 Å². The second-order valence-electron chi connectivity index (χ2n) is 5.46. The molecule has 0 saturated heterocycles. The molecule has 0 bridgehead atoms. The van der Waals surface area contributed by atoms with Crippen LogP contribution in [0.2, 0.25) is 0 Å². The van der Waals surface area contributed by atoms with Gasteiger partial charge < -0.3 is 10.6 Å². The third kappa shape index (κ3) is 3.30. The molecule has 2 aromatic rings. The van der Waals surface area contributed by atoms with E-state index in [2.05, 4.69) is 22.0 Å². The van der Waals surface area contributed by atoms with E-state index in [9.17, 15) is 14.9 Å². The number of nitrogens with one attached hydrogen (secondary N) is 3. The lowest BCUT2D eigenvalue weighted by molar-refractivity contribution is 0.101. The van der Waals surface area contributed by atoms with Crippen molar-refractivity contribution in [1.82, 2.24) is 5.32 Å². The minimum absolute atomic E-state index is 0.0655. The zero-order valence-corrected chi connectivity index (χ0v) is 13.9. The molecule has 24 heavy (non-hydrogen) atoms. The molecule has 1 aromatic carbocycles. The van der Waals surface area contributed by atoms with E-state index < -0.39 is 6.03 Å². The maximum atomic E-state index is 12.2. The van der Waals surface area contributed by atoms with Crippen LogP contribution in [0.25, 0.3) is 0 Å². The van der Waals surface area contributed by atoms with E-state index in [1.165, 1.54) is 18.3 Å². The number of anilines is 2. The van der Waals surface area contributed by atoms with E-state index >= 15 is 0 Å². The van der Waals surface area contributed by atoms with Crippen LogP contribution in [0.5, 0.6) is 0 Å². The molecule has 0 aliphatic carbocycles. The van der Waals surface area contributed by atoms with Crippen LogP contribution in [0.4, 0.5) is 15.5 Å². The molecule has 3 rings (SSSR count). The average molecular weight is 340 g/mol. The van der Waals surface area contributed by atoms with Crippen molar-refractivity contribution in [1.29, 1.82) is 5.26 Å². The van der Waals surface area contributed by atoms with Gasteiger partial charge >= 0.3 is 6.03 Å². The maximum absolute atomic E-state index is 12.2. The van der Waals surface area contributed by atoms with Gasteiger partial charge in [-0.3, -0.25) is 10.1 Å². The van der Waals surface area contributed by atoms with Gasteiger partial charge in [-0.15, -0.1) is 11.3 Å². The Labute approximate surface area is 143 Å². The first-order chi connectivity index (χ1) is 11.6. The van der Waals surface area contributed by atoms with E-state index in [0.717, 1.165) is 30.0 Å². The van der Waals surface area contributed by atoms with Crippen LogP contribution in [-0.4, -0.2) is 18.4 Å². The van der Waals surface area contributed by atoms with Crippen LogP contribution in [0.15, 0.2) is 24.3 Å². The monoisotopic (exact) mass is 340 g/mol. The van der Waals surface area contributed by atoms with Crippen molar-refractivity contribution in [3.8, 4) is 6.07 Å². The number of ketones is 1. The Bertz CT molecular complexity index is 851. The largest absolute Gasteiger partial charge is 0.324 e. The van der Waals surface area contributed by atoms with E-state index in [-0.39, 0.29) is 5.78 Å². The topological polar surface area (TPSA) is 94.0 Å². The highest BCUT2D eigenvalue weighted by Crippen LogP contribution is 2.34. The van der Waals surface area contributed by atoms with E-state index in [1.807, 2.05) is 0 Å². The van der Waals surface area contributed by atoms with Gasteiger partial charge in [-0.2, -0.15) is 5.26 Å². The number of benzene rings is 1. The number of carbonyl (C=O) groups is 2. The Morgan fingerprint density at radius 1 is 1.33 bits per heavy atom. The minimum Gasteiger partial charge on any atom is -0.312 e. The number of rotatable bonds is 3. The van der Waals surface area contributed by atoms with Gasteiger partial charge in [-0.05, 0) is 37.6 Å². The van der Waals surface area contributed by atoms with Gasteiger partial charge in [0.15, 0.2) is 5.78 Å². The molecule has 1 aliphatic rings. The number of amides is 2. The lowest BCUT2D eigenvalue weighted by atomic mass is 10.1. The summed E-state index contributed by atoms with van der Waals surface area (Å²) in [6.07, 6.45) is 0.790. The van der Waals surface area contributed by atoms with Crippen molar-refractivity contribution in [3.05, 3.63) is 45.8 Å². The summed E-state index contributed by atoms with van der Waals surface area (Å²) >= 11 is 1.42. The van der Waals surface area contributed by atoms with Crippen molar-refractivity contribution in [3.63, 3.8) is 0 Å². The fourth-order valence-electron chi connectivity index (χ4n) is 2.62. The van der Waals surface area contributed by atoms with Crippen molar-refractivity contribution in [2.24, 2.45) is 0 Å². The van der Waals surface area contributed by atoms with Crippen molar-refractivity contribution >= 4 is 33.8 Å². The lowest BCUT2D eigenvalue weighted by Crippen LogP contribution is -2.22. The Kier molecular flexibility index (Phi) is 4.60. The first kappa shape index (κ1) is 16.2. The Hall–Kier alpha value is -2.69. The number of Topliss-reactive ketones (excluding diaryl/α,β-unsaturated/α-hetero) is 1. The molecule has 0 atom stereocenters. The summed E-state index contributed by atoms with van der Waals surface area (Å²) in [7, 11) is 0. The molecule has 1 aromatic heterocycles. The third-order valence-corrected chi connectivity index (χ3v) is 4.94. The predicted octanol–water partition coefficient (Wildman–Crippen LogP) is 3.11. The summed E-state index contributed by atoms with van der Waals surface area (Å²) < 4.78 is 0. The molecular formula is C17H16N4O2S. The summed E-state index contributed by atoms with van der Waals surface area (Å²) in [6, 6.07) is 8.50. The SMILES string of the molecule is CC(=O)c1cccc(NC(=O)Nc2sc3c(c2C#N)CCNC3)c1. The summed E-state index contributed by atoms with van der Waals surface area (Å²) in [5, 5.41) is 18.7. The van der Waals surface area contributed by atoms with Crippen LogP contribution < -0.4 is 16.0 Å². The fourth-order valence-corrected chi connectivity index (χ4v) is 3.79. The first-order valence-electron chi connectivity index (χ1n) is 7.53. The molecule has 0 spiro atoms. The molecule has 0 radical (unpaired) electrons.